The molecule has 3 aromatic rings. The van der Waals surface area contributed by atoms with Gasteiger partial charge in [-0.3, -0.25) is 14.4 Å². The Morgan fingerprint density at radius 2 is 1.86 bits per heavy atom. The molecule has 3 heterocycles. The van der Waals surface area contributed by atoms with Gasteiger partial charge in [0.1, 0.15) is 6.07 Å². The zero-order valence-corrected chi connectivity index (χ0v) is 20.7. The second-order valence-electron chi connectivity index (χ2n) is 9.48. The van der Waals surface area contributed by atoms with Gasteiger partial charge in [0.25, 0.3) is 5.91 Å². The van der Waals surface area contributed by atoms with Crippen molar-refractivity contribution >= 4 is 17.3 Å². The summed E-state index contributed by atoms with van der Waals surface area (Å²) in [4.78, 5) is 17.8. The molecule has 0 radical (unpaired) electrons. The first-order valence-corrected chi connectivity index (χ1v) is 12.6. The molecule has 8 nitrogen and oxygen atoms in total. The molecule has 2 aliphatic heterocycles. The van der Waals surface area contributed by atoms with Gasteiger partial charge in [-0.15, -0.1) is 0 Å². The van der Waals surface area contributed by atoms with Crippen LogP contribution in [0.3, 0.4) is 0 Å². The number of carbonyl (C=O) groups is 1. The summed E-state index contributed by atoms with van der Waals surface area (Å²) in [6, 6.07) is 18.5. The average Bonchev–Trinajstić information content (AvgIpc) is 3.29. The number of carbonyl (C=O) groups excluding carboxylic acids is 1. The fourth-order valence-electron chi connectivity index (χ4n) is 5.18. The molecule has 1 aromatic heterocycles. The highest BCUT2D eigenvalue weighted by Crippen LogP contribution is 2.28. The summed E-state index contributed by atoms with van der Waals surface area (Å²) in [5, 5.41) is 17.3. The van der Waals surface area contributed by atoms with Crippen molar-refractivity contribution in [2.24, 2.45) is 0 Å². The third kappa shape index (κ3) is 5.43. The lowest BCUT2D eigenvalue weighted by atomic mass is 10.0. The number of nitrogens with zero attached hydrogens (tertiary/aromatic N) is 5. The second kappa shape index (κ2) is 10.9. The van der Waals surface area contributed by atoms with Crippen molar-refractivity contribution in [2.45, 2.75) is 32.4 Å². The first kappa shape index (κ1) is 24.0. The molecule has 0 atom stereocenters. The van der Waals surface area contributed by atoms with Crippen molar-refractivity contribution in [1.82, 2.24) is 14.7 Å². The summed E-state index contributed by atoms with van der Waals surface area (Å²) in [6.45, 7) is 7.93. The van der Waals surface area contributed by atoms with Crippen molar-refractivity contribution in [3.05, 3.63) is 77.1 Å². The van der Waals surface area contributed by atoms with Crippen molar-refractivity contribution < 1.29 is 9.53 Å². The molecule has 0 bridgehead atoms. The number of hydrogen-bond donors (Lipinski definition) is 1. The van der Waals surface area contributed by atoms with Crippen molar-refractivity contribution in [3.8, 4) is 6.07 Å². The number of aryl methyl sites for hydroxylation is 1. The Hall–Kier alpha value is -3.67. The molecular weight excluding hydrogens is 452 g/mol. The van der Waals surface area contributed by atoms with Gasteiger partial charge in [0.15, 0.2) is 0 Å². The van der Waals surface area contributed by atoms with Crippen LogP contribution in [0.2, 0.25) is 0 Å². The van der Waals surface area contributed by atoms with E-state index in [1.165, 1.54) is 0 Å². The largest absolute Gasteiger partial charge is 0.379 e. The Morgan fingerprint density at radius 1 is 1.11 bits per heavy atom. The fraction of sp³-hybridized carbons (Fsp3) is 0.393. The standard InChI is InChI=1S/C28H32N6O2/c1-21-26(20-34(31-21)19-22-5-3-2-4-6-22)28(35)30-24-7-8-27(23(17-24)18-29)33-11-9-25(10-12-33)32-13-15-36-16-14-32/h2-8,17,20,25H,9-16,19H2,1H3,(H,30,35). The monoisotopic (exact) mass is 484 g/mol. The predicted molar refractivity (Wildman–Crippen MR) is 139 cm³/mol. The minimum atomic E-state index is -0.227. The number of hydrogen-bond acceptors (Lipinski definition) is 6. The highest BCUT2D eigenvalue weighted by molar-refractivity contribution is 6.05. The molecule has 0 spiro atoms. The van der Waals surface area contributed by atoms with Crippen LogP contribution in [0, 0.1) is 18.3 Å². The van der Waals surface area contributed by atoms with E-state index in [1.54, 1.807) is 16.9 Å². The Bertz CT molecular complexity index is 1230. The third-order valence-corrected chi connectivity index (χ3v) is 7.12. The molecule has 8 heteroatoms. The molecule has 1 N–H and O–H groups in total. The molecule has 2 aromatic carbocycles. The molecule has 1 amide bonds. The molecule has 186 valence electrons. The highest BCUT2D eigenvalue weighted by atomic mass is 16.5. The van der Waals surface area contributed by atoms with Gasteiger partial charge >= 0.3 is 0 Å². The maximum absolute atomic E-state index is 13.0. The molecule has 2 aliphatic rings. The van der Waals surface area contributed by atoms with Crippen LogP contribution < -0.4 is 10.2 Å². The Morgan fingerprint density at radius 3 is 2.58 bits per heavy atom. The smallest absolute Gasteiger partial charge is 0.259 e. The topological polar surface area (TPSA) is 86.4 Å². The fourth-order valence-corrected chi connectivity index (χ4v) is 5.18. The van der Waals surface area contributed by atoms with Crippen LogP contribution in [0.25, 0.3) is 0 Å². The Labute approximate surface area is 212 Å². The number of nitrogens with one attached hydrogen (secondary N) is 1. The Balaban J connectivity index is 1.23. The zero-order chi connectivity index (χ0) is 24.9. The van der Waals surface area contributed by atoms with E-state index < -0.39 is 0 Å². The van der Waals surface area contributed by atoms with Crippen molar-refractivity contribution in [2.75, 3.05) is 49.6 Å². The van der Waals surface area contributed by atoms with E-state index in [9.17, 15) is 10.1 Å². The van der Waals surface area contributed by atoms with Crippen LogP contribution in [-0.2, 0) is 11.3 Å². The summed E-state index contributed by atoms with van der Waals surface area (Å²) in [5.74, 6) is -0.227. The highest BCUT2D eigenvalue weighted by Gasteiger charge is 2.27. The molecule has 0 saturated carbocycles. The van der Waals surface area contributed by atoms with E-state index in [2.05, 4.69) is 26.3 Å². The first-order valence-electron chi connectivity index (χ1n) is 12.6. The zero-order valence-electron chi connectivity index (χ0n) is 20.7. The molecule has 2 fully saturated rings. The molecular formula is C28H32N6O2. The van der Waals surface area contributed by atoms with E-state index in [0.717, 1.165) is 63.5 Å². The van der Waals surface area contributed by atoms with E-state index >= 15 is 0 Å². The van der Waals surface area contributed by atoms with E-state index in [4.69, 9.17) is 4.74 Å². The van der Waals surface area contributed by atoms with Gasteiger partial charge in [0.05, 0.1) is 42.3 Å². The number of piperidine rings is 1. The second-order valence-corrected chi connectivity index (χ2v) is 9.48. The van der Waals surface area contributed by atoms with Gasteiger partial charge in [0, 0.05) is 44.1 Å². The van der Waals surface area contributed by atoms with Crippen LogP contribution in [0.1, 0.15) is 40.0 Å². The third-order valence-electron chi connectivity index (χ3n) is 7.12. The summed E-state index contributed by atoms with van der Waals surface area (Å²) in [6.07, 6.45) is 3.93. The van der Waals surface area contributed by atoms with Crippen LogP contribution in [-0.4, -0.2) is 66.0 Å². The van der Waals surface area contributed by atoms with E-state index in [-0.39, 0.29) is 5.91 Å². The lowest BCUT2D eigenvalue weighted by molar-refractivity contribution is 0.0115. The molecule has 5 rings (SSSR count). The number of anilines is 2. The number of amides is 1. The van der Waals surface area contributed by atoms with Crippen LogP contribution in [0.4, 0.5) is 11.4 Å². The Kier molecular flexibility index (Phi) is 7.31. The number of rotatable bonds is 6. The number of benzene rings is 2. The van der Waals surface area contributed by atoms with Gasteiger partial charge in [0.2, 0.25) is 0 Å². The average molecular weight is 485 g/mol. The molecule has 0 unspecified atom stereocenters. The van der Waals surface area contributed by atoms with Crippen molar-refractivity contribution in [1.29, 1.82) is 5.26 Å². The number of nitriles is 1. The van der Waals surface area contributed by atoms with Crippen LogP contribution in [0.15, 0.2) is 54.7 Å². The van der Waals surface area contributed by atoms with Gasteiger partial charge in [-0.2, -0.15) is 10.4 Å². The van der Waals surface area contributed by atoms with Crippen molar-refractivity contribution in [3.63, 3.8) is 0 Å². The summed E-state index contributed by atoms with van der Waals surface area (Å²) < 4.78 is 7.27. The molecule has 36 heavy (non-hydrogen) atoms. The lowest BCUT2D eigenvalue weighted by Gasteiger charge is -2.41. The van der Waals surface area contributed by atoms with Gasteiger partial charge in [-0.25, -0.2) is 0 Å². The van der Waals surface area contributed by atoms with Gasteiger partial charge in [-0.1, -0.05) is 30.3 Å². The van der Waals surface area contributed by atoms with E-state index in [1.807, 2.05) is 49.4 Å². The van der Waals surface area contributed by atoms with Crippen LogP contribution in [0.5, 0.6) is 0 Å². The number of ether oxygens (including phenoxy) is 1. The van der Waals surface area contributed by atoms with Crippen LogP contribution >= 0.6 is 0 Å². The summed E-state index contributed by atoms with van der Waals surface area (Å²) in [5.41, 5.74) is 4.44. The minimum Gasteiger partial charge on any atom is -0.379 e. The summed E-state index contributed by atoms with van der Waals surface area (Å²) in [7, 11) is 0. The SMILES string of the molecule is Cc1nn(Cc2ccccc2)cc1C(=O)Nc1ccc(N2CCC(N3CCOCC3)CC2)c(C#N)c1. The predicted octanol–water partition coefficient (Wildman–Crippen LogP) is 3.66. The first-order chi connectivity index (χ1) is 17.6. The van der Waals surface area contributed by atoms with E-state index in [0.29, 0.717) is 35.1 Å². The normalized spacial score (nSPS) is 17.1. The quantitative estimate of drug-likeness (QED) is 0.575. The molecule has 2 saturated heterocycles. The maximum atomic E-state index is 13.0. The number of morpholine rings is 1. The van der Waals surface area contributed by atoms with Gasteiger partial charge in [-0.05, 0) is 43.5 Å². The van der Waals surface area contributed by atoms with Gasteiger partial charge < -0.3 is 15.0 Å². The maximum Gasteiger partial charge on any atom is 0.259 e. The molecule has 0 aliphatic carbocycles. The lowest BCUT2D eigenvalue weighted by Crippen LogP contribution is -2.49. The summed E-state index contributed by atoms with van der Waals surface area (Å²) >= 11 is 0. The number of aromatic nitrogens is 2. The minimum absolute atomic E-state index is 0.227.